The van der Waals surface area contributed by atoms with Crippen LogP contribution in [0.15, 0.2) is 0 Å². The van der Waals surface area contributed by atoms with Gasteiger partial charge in [0.05, 0.1) is 17.0 Å². The first-order valence-corrected chi connectivity index (χ1v) is 6.38. The van der Waals surface area contributed by atoms with Gasteiger partial charge in [-0.15, -0.1) is 0 Å². The lowest BCUT2D eigenvalue weighted by Gasteiger charge is -2.15. The molecule has 1 N–H and O–H groups in total. The molecule has 0 saturated carbocycles. The lowest BCUT2D eigenvalue weighted by molar-refractivity contribution is 0.106. The van der Waals surface area contributed by atoms with E-state index in [-0.39, 0.29) is 12.3 Å². The molecule has 1 heterocycles. The van der Waals surface area contributed by atoms with Crippen LogP contribution >= 0.6 is 0 Å². The van der Waals surface area contributed by atoms with E-state index in [0.717, 1.165) is 0 Å². The standard InChI is InChI=1S/C8H15F2NO2S/c1-6(8(9)10)11-5-7-3-2-4-14(7,12)13/h6-8,11H,2-5H2,1H3. The third kappa shape index (κ3) is 2.88. The summed E-state index contributed by atoms with van der Waals surface area (Å²) >= 11 is 0. The molecule has 2 atom stereocenters. The van der Waals surface area contributed by atoms with Gasteiger partial charge in [-0.1, -0.05) is 0 Å². The Morgan fingerprint density at radius 1 is 1.50 bits per heavy atom. The summed E-state index contributed by atoms with van der Waals surface area (Å²) in [5.74, 6) is 0.197. The van der Waals surface area contributed by atoms with Crippen LogP contribution < -0.4 is 5.32 Å². The lowest BCUT2D eigenvalue weighted by Crippen LogP contribution is -2.39. The van der Waals surface area contributed by atoms with E-state index in [1.165, 1.54) is 6.92 Å². The molecule has 14 heavy (non-hydrogen) atoms. The summed E-state index contributed by atoms with van der Waals surface area (Å²) in [6.07, 6.45) is -1.21. The van der Waals surface area contributed by atoms with Gasteiger partial charge in [0.1, 0.15) is 0 Å². The summed E-state index contributed by atoms with van der Waals surface area (Å²) in [6, 6.07) is -0.939. The normalized spacial score (nSPS) is 28.1. The molecule has 6 heteroatoms. The first-order valence-electron chi connectivity index (χ1n) is 4.66. The van der Waals surface area contributed by atoms with Crippen molar-refractivity contribution < 1.29 is 17.2 Å². The summed E-state index contributed by atoms with van der Waals surface area (Å²) in [4.78, 5) is 0. The second-order valence-electron chi connectivity index (χ2n) is 3.66. The molecular formula is C8H15F2NO2S. The number of alkyl halides is 2. The highest BCUT2D eigenvalue weighted by atomic mass is 32.2. The molecule has 84 valence electrons. The zero-order chi connectivity index (χ0) is 10.8. The van der Waals surface area contributed by atoms with Gasteiger partial charge in [-0.3, -0.25) is 0 Å². The molecule has 2 unspecified atom stereocenters. The number of hydrogen-bond donors (Lipinski definition) is 1. The van der Waals surface area contributed by atoms with E-state index in [4.69, 9.17) is 0 Å². The third-order valence-corrected chi connectivity index (χ3v) is 4.78. The van der Waals surface area contributed by atoms with Crippen molar-refractivity contribution in [1.82, 2.24) is 5.32 Å². The first kappa shape index (κ1) is 11.8. The SMILES string of the molecule is CC(NCC1CCCS1(=O)=O)C(F)F. The fourth-order valence-corrected chi connectivity index (χ4v) is 3.27. The van der Waals surface area contributed by atoms with Crippen molar-refractivity contribution in [3.8, 4) is 0 Å². The molecule has 3 nitrogen and oxygen atoms in total. The first-order chi connectivity index (χ1) is 6.43. The van der Waals surface area contributed by atoms with Gasteiger partial charge in [-0.2, -0.15) is 0 Å². The van der Waals surface area contributed by atoms with Gasteiger partial charge in [0, 0.05) is 6.54 Å². The Morgan fingerprint density at radius 3 is 2.57 bits per heavy atom. The minimum Gasteiger partial charge on any atom is -0.308 e. The summed E-state index contributed by atoms with van der Waals surface area (Å²) in [7, 11) is -3.02. The molecule has 1 aliphatic rings. The van der Waals surface area contributed by atoms with Crippen molar-refractivity contribution in [3.63, 3.8) is 0 Å². The van der Waals surface area contributed by atoms with E-state index >= 15 is 0 Å². The maximum atomic E-state index is 12.1. The van der Waals surface area contributed by atoms with Crippen molar-refractivity contribution in [1.29, 1.82) is 0 Å². The maximum Gasteiger partial charge on any atom is 0.253 e. The van der Waals surface area contributed by atoms with Crippen molar-refractivity contribution in [2.75, 3.05) is 12.3 Å². The topological polar surface area (TPSA) is 46.2 Å². The third-order valence-electron chi connectivity index (χ3n) is 2.51. The number of nitrogens with one attached hydrogen (secondary N) is 1. The van der Waals surface area contributed by atoms with Crippen LogP contribution in [0.5, 0.6) is 0 Å². The van der Waals surface area contributed by atoms with E-state index in [1.807, 2.05) is 0 Å². The van der Waals surface area contributed by atoms with Crippen molar-refractivity contribution >= 4 is 9.84 Å². The summed E-state index contributed by atoms with van der Waals surface area (Å²) in [6.45, 7) is 1.50. The number of hydrogen-bond acceptors (Lipinski definition) is 3. The molecular weight excluding hydrogens is 212 g/mol. The lowest BCUT2D eigenvalue weighted by atomic mass is 10.2. The Morgan fingerprint density at radius 2 is 2.14 bits per heavy atom. The van der Waals surface area contributed by atoms with Gasteiger partial charge in [-0.25, -0.2) is 17.2 Å². The van der Waals surface area contributed by atoms with Crippen molar-refractivity contribution in [2.24, 2.45) is 0 Å². The smallest absolute Gasteiger partial charge is 0.253 e. The van der Waals surface area contributed by atoms with Crippen LogP contribution in [0.25, 0.3) is 0 Å². The van der Waals surface area contributed by atoms with Gasteiger partial charge in [-0.05, 0) is 19.8 Å². The zero-order valence-corrected chi connectivity index (χ0v) is 8.86. The van der Waals surface area contributed by atoms with Gasteiger partial charge in [0.2, 0.25) is 0 Å². The molecule has 1 rings (SSSR count). The molecule has 0 aromatic heterocycles. The molecule has 0 aromatic carbocycles. The van der Waals surface area contributed by atoms with Crippen LogP contribution in [0.3, 0.4) is 0 Å². The fourth-order valence-electron chi connectivity index (χ4n) is 1.49. The van der Waals surface area contributed by atoms with Crippen molar-refractivity contribution in [3.05, 3.63) is 0 Å². The molecule has 0 radical (unpaired) electrons. The maximum absolute atomic E-state index is 12.1. The monoisotopic (exact) mass is 227 g/mol. The average molecular weight is 227 g/mol. The Labute approximate surface area is 82.8 Å². The number of sulfone groups is 1. The van der Waals surface area contributed by atoms with Crippen LogP contribution in [-0.4, -0.2) is 38.4 Å². The quantitative estimate of drug-likeness (QED) is 0.773. The highest BCUT2D eigenvalue weighted by Gasteiger charge is 2.31. The second kappa shape index (κ2) is 4.53. The Kier molecular flexibility index (Phi) is 3.83. The highest BCUT2D eigenvalue weighted by Crippen LogP contribution is 2.19. The molecule has 0 spiro atoms. The predicted octanol–water partition coefficient (Wildman–Crippen LogP) is 0.807. The molecule has 1 aliphatic heterocycles. The predicted molar refractivity (Wildman–Crippen MR) is 50.3 cm³/mol. The van der Waals surface area contributed by atoms with Gasteiger partial charge >= 0.3 is 0 Å². The van der Waals surface area contributed by atoms with Crippen LogP contribution in [0, 0.1) is 0 Å². The van der Waals surface area contributed by atoms with E-state index in [0.29, 0.717) is 12.8 Å². The molecule has 1 fully saturated rings. The molecule has 1 saturated heterocycles. The summed E-state index contributed by atoms with van der Waals surface area (Å²) < 4.78 is 46.8. The van der Waals surface area contributed by atoms with E-state index in [1.54, 1.807) is 0 Å². The van der Waals surface area contributed by atoms with Gasteiger partial charge in [0.15, 0.2) is 9.84 Å². The molecule has 0 aromatic rings. The number of rotatable bonds is 4. The second-order valence-corrected chi connectivity index (χ2v) is 6.06. The minimum atomic E-state index is -3.02. The molecule has 0 bridgehead atoms. The van der Waals surface area contributed by atoms with Gasteiger partial charge in [0.25, 0.3) is 6.43 Å². The van der Waals surface area contributed by atoms with Crippen LogP contribution in [0.1, 0.15) is 19.8 Å². The van der Waals surface area contributed by atoms with Crippen LogP contribution in [0.2, 0.25) is 0 Å². The number of halogens is 2. The van der Waals surface area contributed by atoms with E-state index in [9.17, 15) is 17.2 Å². The summed E-state index contributed by atoms with van der Waals surface area (Å²) in [5.41, 5.74) is 0. The highest BCUT2D eigenvalue weighted by molar-refractivity contribution is 7.92. The largest absolute Gasteiger partial charge is 0.308 e. The fraction of sp³-hybridized carbons (Fsp3) is 1.00. The zero-order valence-electron chi connectivity index (χ0n) is 8.04. The van der Waals surface area contributed by atoms with Crippen molar-refractivity contribution in [2.45, 2.75) is 37.5 Å². The van der Waals surface area contributed by atoms with E-state index in [2.05, 4.69) is 5.32 Å². The van der Waals surface area contributed by atoms with Crippen LogP contribution in [0.4, 0.5) is 8.78 Å². The van der Waals surface area contributed by atoms with Gasteiger partial charge < -0.3 is 5.32 Å². The Balaban J connectivity index is 2.39. The Bertz CT molecular complexity index is 279. The average Bonchev–Trinajstić information content (AvgIpc) is 2.40. The Hall–Kier alpha value is -0.230. The summed E-state index contributed by atoms with van der Waals surface area (Å²) in [5, 5.41) is 2.08. The van der Waals surface area contributed by atoms with Crippen LogP contribution in [-0.2, 0) is 9.84 Å². The minimum absolute atomic E-state index is 0.147. The molecule has 0 aliphatic carbocycles. The van der Waals surface area contributed by atoms with E-state index < -0.39 is 27.6 Å². The molecule has 0 amide bonds.